The number of ether oxygens (including phenoxy) is 3. The van der Waals surface area contributed by atoms with Crippen LogP contribution in [-0.2, 0) is 9.53 Å². The van der Waals surface area contributed by atoms with Gasteiger partial charge in [-0.15, -0.1) is 0 Å². The van der Waals surface area contributed by atoms with Gasteiger partial charge in [-0.25, -0.2) is 4.79 Å². The van der Waals surface area contributed by atoms with Crippen molar-refractivity contribution >= 4 is 23.3 Å². The topological polar surface area (TPSA) is 77.1 Å². The molecule has 0 aliphatic carbocycles. The van der Waals surface area contributed by atoms with E-state index in [1.54, 1.807) is 30.3 Å². The maximum Gasteiger partial charge on any atom is 0.338 e. The number of anilines is 2. The Kier molecular flexibility index (Phi) is 8.33. The number of carbonyl (C=O) groups excluding carboxylic acids is 2. The summed E-state index contributed by atoms with van der Waals surface area (Å²) in [6.45, 7) is 4.47. The molecule has 0 bridgehead atoms. The number of rotatable bonds is 10. The first-order valence-electron chi connectivity index (χ1n) is 9.58. The second-order valence-electron chi connectivity index (χ2n) is 6.51. The third-order valence-electron chi connectivity index (χ3n) is 3.94. The zero-order valence-electron chi connectivity index (χ0n) is 17.4. The van der Waals surface area contributed by atoms with Crippen molar-refractivity contribution in [3.63, 3.8) is 0 Å². The molecule has 1 N–H and O–H groups in total. The fraction of sp³-hybridized carbons (Fsp3) is 0.364. The molecule has 7 heteroatoms. The molecule has 0 heterocycles. The summed E-state index contributed by atoms with van der Waals surface area (Å²) >= 11 is 0. The number of esters is 1. The SMILES string of the molecule is CCCOc1ccc(C(=O)OCC(=O)Nc2ccc(N(C)C)cc2)cc1OCC. The Morgan fingerprint density at radius 2 is 1.69 bits per heavy atom. The van der Waals surface area contributed by atoms with Crippen molar-refractivity contribution in [2.24, 2.45) is 0 Å². The first-order valence-corrected chi connectivity index (χ1v) is 9.58. The molecule has 7 nitrogen and oxygen atoms in total. The predicted octanol–water partition coefficient (Wildman–Crippen LogP) is 3.74. The summed E-state index contributed by atoms with van der Waals surface area (Å²) in [5.41, 5.74) is 1.94. The van der Waals surface area contributed by atoms with E-state index in [2.05, 4.69) is 5.32 Å². The largest absolute Gasteiger partial charge is 0.490 e. The van der Waals surface area contributed by atoms with Crippen molar-refractivity contribution in [3.05, 3.63) is 48.0 Å². The first-order chi connectivity index (χ1) is 13.9. The molecule has 0 fully saturated rings. The fourth-order valence-electron chi connectivity index (χ4n) is 2.49. The van der Waals surface area contributed by atoms with Crippen LogP contribution in [0.2, 0.25) is 0 Å². The van der Waals surface area contributed by atoms with Gasteiger partial charge in [-0.2, -0.15) is 0 Å². The third kappa shape index (κ3) is 6.71. The molecule has 29 heavy (non-hydrogen) atoms. The van der Waals surface area contributed by atoms with E-state index in [1.807, 2.05) is 45.0 Å². The van der Waals surface area contributed by atoms with Crippen LogP contribution < -0.4 is 19.7 Å². The molecular weight excluding hydrogens is 372 g/mol. The number of hydrogen-bond acceptors (Lipinski definition) is 6. The lowest BCUT2D eigenvalue weighted by molar-refractivity contribution is -0.119. The molecule has 0 aliphatic rings. The minimum absolute atomic E-state index is 0.292. The number of hydrogen-bond donors (Lipinski definition) is 1. The van der Waals surface area contributed by atoms with Gasteiger partial charge in [0, 0.05) is 25.5 Å². The smallest absolute Gasteiger partial charge is 0.338 e. The molecule has 0 saturated heterocycles. The van der Waals surface area contributed by atoms with E-state index in [-0.39, 0.29) is 6.61 Å². The normalized spacial score (nSPS) is 10.2. The Morgan fingerprint density at radius 1 is 0.966 bits per heavy atom. The Hall–Kier alpha value is -3.22. The van der Waals surface area contributed by atoms with Gasteiger partial charge in [0.05, 0.1) is 18.8 Å². The van der Waals surface area contributed by atoms with Crippen LogP contribution in [0.3, 0.4) is 0 Å². The minimum Gasteiger partial charge on any atom is -0.490 e. The van der Waals surface area contributed by atoms with Gasteiger partial charge in [0.1, 0.15) is 0 Å². The minimum atomic E-state index is -0.605. The summed E-state index contributed by atoms with van der Waals surface area (Å²) in [7, 11) is 3.87. The van der Waals surface area contributed by atoms with Gasteiger partial charge < -0.3 is 24.4 Å². The maximum absolute atomic E-state index is 12.3. The highest BCUT2D eigenvalue weighted by atomic mass is 16.5. The van der Waals surface area contributed by atoms with Crippen molar-refractivity contribution in [2.45, 2.75) is 20.3 Å². The van der Waals surface area contributed by atoms with Crippen molar-refractivity contribution in [1.82, 2.24) is 0 Å². The van der Waals surface area contributed by atoms with Crippen molar-refractivity contribution < 1.29 is 23.8 Å². The van der Waals surface area contributed by atoms with Crippen molar-refractivity contribution in [1.29, 1.82) is 0 Å². The van der Waals surface area contributed by atoms with Gasteiger partial charge in [-0.3, -0.25) is 4.79 Å². The molecule has 2 rings (SSSR count). The molecule has 0 spiro atoms. The molecular formula is C22H28N2O5. The Balaban J connectivity index is 1.93. The number of nitrogens with zero attached hydrogens (tertiary/aromatic N) is 1. The lowest BCUT2D eigenvalue weighted by Crippen LogP contribution is -2.21. The zero-order valence-corrected chi connectivity index (χ0v) is 17.4. The second kappa shape index (κ2) is 10.9. The molecule has 0 atom stereocenters. The lowest BCUT2D eigenvalue weighted by atomic mass is 10.2. The van der Waals surface area contributed by atoms with Crippen LogP contribution in [-0.4, -0.2) is 45.8 Å². The molecule has 0 radical (unpaired) electrons. The van der Waals surface area contributed by atoms with Gasteiger partial charge in [0.25, 0.3) is 5.91 Å². The zero-order chi connectivity index (χ0) is 21.2. The van der Waals surface area contributed by atoms with Crippen LogP contribution >= 0.6 is 0 Å². The molecule has 0 aliphatic heterocycles. The van der Waals surface area contributed by atoms with Crippen LogP contribution in [0.5, 0.6) is 11.5 Å². The highest BCUT2D eigenvalue weighted by molar-refractivity contribution is 5.95. The Bertz CT molecular complexity index is 818. The van der Waals surface area contributed by atoms with E-state index < -0.39 is 11.9 Å². The summed E-state index contributed by atoms with van der Waals surface area (Å²) < 4.78 is 16.3. The van der Waals surface area contributed by atoms with E-state index in [1.165, 1.54) is 0 Å². The number of benzene rings is 2. The highest BCUT2D eigenvalue weighted by Gasteiger charge is 2.14. The van der Waals surface area contributed by atoms with Gasteiger partial charge in [0.15, 0.2) is 18.1 Å². The number of amides is 1. The van der Waals surface area contributed by atoms with Crippen LogP contribution in [0.4, 0.5) is 11.4 Å². The quantitative estimate of drug-likeness (QED) is 0.613. The van der Waals surface area contributed by atoms with Crippen LogP contribution in [0, 0.1) is 0 Å². The van der Waals surface area contributed by atoms with E-state index in [4.69, 9.17) is 14.2 Å². The van der Waals surface area contributed by atoms with Gasteiger partial charge in [-0.05, 0) is 55.8 Å². The molecule has 0 aromatic heterocycles. The summed E-state index contributed by atoms with van der Waals surface area (Å²) in [6, 6.07) is 12.2. The highest BCUT2D eigenvalue weighted by Crippen LogP contribution is 2.29. The summed E-state index contributed by atoms with van der Waals surface area (Å²) in [4.78, 5) is 26.3. The molecule has 2 aromatic carbocycles. The summed E-state index contributed by atoms with van der Waals surface area (Å²) in [6.07, 6.45) is 0.863. The van der Waals surface area contributed by atoms with Crippen LogP contribution in [0.15, 0.2) is 42.5 Å². The Morgan fingerprint density at radius 3 is 2.31 bits per heavy atom. The number of nitrogens with one attached hydrogen (secondary N) is 1. The fourth-order valence-corrected chi connectivity index (χ4v) is 2.49. The Labute approximate surface area is 171 Å². The summed E-state index contributed by atoms with van der Waals surface area (Å²) in [5, 5.41) is 2.70. The van der Waals surface area contributed by atoms with Crippen LogP contribution in [0.1, 0.15) is 30.6 Å². The average Bonchev–Trinajstić information content (AvgIpc) is 2.71. The van der Waals surface area contributed by atoms with E-state index in [9.17, 15) is 9.59 Å². The molecule has 0 unspecified atom stereocenters. The van der Waals surface area contributed by atoms with E-state index in [0.717, 1.165) is 12.1 Å². The van der Waals surface area contributed by atoms with Crippen molar-refractivity contribution in [3.8, 4) is 11.5 Å². The second-order valence-corrected chi connectivity index (χ2v) is 6.51. The first kappa shape index (κ1) is 22.1. The van der Waals surface area contributed by atoms with E-state index in [0.29, 0.717) is 36.0 Å². The average molecular weight is 400 g/mol. The lowest BCUT2D eigenvalue weighted by Gasteiger charge is -2.13. The van der Waals surface area contributed by atoms with Crippen molar-refractivity contribution in [2.75, 3.05) is 44.1 Å². The third-order valence-corrected chi connectivity index (χ3v) is 3.94. The number of carbonyl (C=O) groups is 2. The standard InChI is InChI=1S/C22H28N2O5/c1-5-13-28-19-12-7-16(14-20(19)27-6-2)22(26)29-15-21(25)23-17-8-10-18(11-9-17)24(3)4/h7-12,14H,5-6,13,15H2,1-4H3,(H,23,25). The maximum atomic E-state index is 12.3. The van der Waals surface area contributed by atoms with Crippen LogP contribution in [0.25, 0.3) is 0 Å². The molecule has 2 aromatic rings. The molecule has 1 amide bonds. The molecule has 156 valence electrons. The van der Waals surface area contributed by atoms with E-state index >= 15 is 0 Å². The molecule has 0 saturated carbocycles. The summed E-state index contributed by atoms with van der Waals surface area (Å²) in [5.74, 6) is 0.0278. The van der Waals surface area contributed by atoms with Gasteiger partial charge in [0.2, 0.25) is 0 Å². The van der Waals surface area contributed by atoms with Gasteiger partial charge >= 0.3 is 5.97 Å². The van der Waals surface area contributed by atoms with Gasteiger partial charge in [-0.1, -0.05) is 6.92 Å². The predicted molar refractivity (Wildman–Crippen MR) is 113 cm³/mol. The monoisotopic (exact) mass is 400 g/mol.